The van der Waals surface area contributed by atoms with Crippen molar-refractivity contribution in [2.45, 2.75) is 64.6 Å². The van der Waals surface area contributed by atoms with Crippen LogP contribution in [0, 0.1) is 0 Å². The van der Waals surface area contributed by atoms with Gasteiger partial charge in [-0.3, -0.25) is 0 Å². The first-order valence-electron chi connectivity index (χ1n) is 12.7. The van der Waals surface area contributed by atoms with Crippen LogP contribution in [0.25, 0.3) is 11.1 Å². The van der Waals surface area contributed by atoms with Gasteiger partial charge in [-0.05, 0) is 103 Å². The highest BCUT2D eigenvalue weighted by Gasteiger charge is 2.28. The molecule has 0 fully saturated rings. The van der Waals surface area contributed by atoms with Crippen molar-refractivity contribution in [3.8, 4) is 22.6 Å². The third-order valence-electron chi connectivity index (χ3n) is 7.26. The summed E-state index contributed by atoms with van der Waals surface area (Å²) in [5.41, 5.74) is 16.2. The molecule has 184 valence electrons. The maximum absolute atomic E-state index is 10.3. The zero-order valence-corrected chi connectivity index (χ0v) is 20.6. The Labute approximate surface area is 207 Å². The van der Waals surface area contributed by atoms with E-state index in [1.165, 1.54) is 35.1 Å². The maximum Gasteiger partial charge on any atom is 0.188 e. The van der Waals surface area contributed by atoms with Crippen LogP contribution in [-0.2, 0) is 43.6 Å². The van der Waals surface area contributed by atoms with Crippen molar-refractivity contribution in [2.75, 3.05) is 19.6 Å². The van der Waals surface area contributed by atoms with Crippen LogP contribution in [0.4, 0.5) is 5.69 Å². The smallest absolute Gasteiger partial charge is 0.188 e. The minimum atomic E-state index is -0.0756. The molecule has 35 heavy (non-hydrogen) atoms. The molecule has 3 N–H and O–H groups in total. The summed E-state index contributed by atoms with van der Waals surface area (Å²) in [5.74, 6) is 1.58. The Morgan fingerprint density at radius 2 is 1.57 bits per heavy atom. The molecule has 0 heterocycles. The van der Waals surface area contributed by atoms with Crippen LogP contribution >= 0.6 is 0 Å². The molecule has 0 radical (unpaired) electrons. The van der Waals surface area contributed by atoms with Crippen molar-refractivity contribution in [2.24, 2.45) is 0 Å². The number of aliphatic hydroxyl groups excluding tert-OH is 1. The molecule has 0 spiro atoms. The number of rotatable bonds is 8. The number of fused-ring (bicyclic) bond motifs is 2. The van der Waals surface area contributed by atoms with Crippen LogP contribution in [-0.4, -0.2) is 19.0 Å². The van der Waals surface area contributed by atoms with Gasteiger partial charge < -0.3 is 25.1 Å². The Morgan fingerprint density at radius 1 is 0.829 bits per heavy atom. The number of aryl methyl sites for hydroxylation is 2. The second kappa shape index (κ2) is 10.7. The van der Waals surface area contributed by atoms with Gasteiger partial charge in [0.05, 0.1) is 6.61 Å². The number of hydrogen-bond donors (Lipinski definition) is 2. The molecule has 0 saturated heterocycles. The number of anilines is 1. The average Bonchev–Trinajstić information content (AvgIpc) is 2.89. The summed E-state index contributed by atoms with van der Waals surface area (Å²) < 4.78 is 18.0. The lowest BCUT2D eigenvalue weighted by Crippen LogP contribution is -2.14. The first kappa shape index (κ1) is 23.7. The lowest BCUT2D eigenvalue weighted by atomic mass is 9.79. The summed E-state index contributed by atoms with van der Waals surface area (Å²) in [4.78, 5) is 0. The molecule has 2 aliphatic carbocycles. The zero-order valence-electron chi connectivity index (χ0n) is 20.6. The number of hydrogen-bond acceptors (Lipinski definition) is 5. The monoisotopic (exact) mass is 473 g/mol. The van der Waals surface area contributed by atoms with Gasteiger partial charge in [-0.1, -0.05) is 18.2 Å². The first-order chi connectivity index (χ1) is 17.2. The van der Waals surface area contributed by atoms with Crippen LogP contribution < -0.4 is 15.2 Å². The SMILES string of the molecule is COCOc1c(CO)cc2c(c1-c1c(OCc3cccc(N)c3)ccc3c1CCCC3)CCCC2. The Hall–Kier alpha value is -3.02. The molecular formula is C30H35NO4. The molecule has 5 heteroatoms. The van der Waals surface area contributed by atoms with E-state index in [2.05, 4.69) is 18.2 Å². The van der Waals surface area contributed by atoms with Gasteiger partial charge in [0.15, 0.2) is 6.79 Å². The lowest BCUT2D eigenvalue weighted by molar-refractivity contribution is 0.0498. The fraction of sp³-hybridized carbons (Fsp3) is 0.400. The highest BCUT2D eigenvalue weighted by molar-refractivity contribution is 5.85. The minimum absolute atomic E-state index is 0.0756. The van der Waals surface area contributed by atoms with Crippen LogP contribution in [0.2, 0.25) is 0 Å². The van der Waals surface area contributed by atoms with Gasteiger partial charge in [-0.15, -0.1) is 0 Å². The van der Waals surface area contributed by atoms with Crippen molar-refractivity contribution in [1.82, 2.24) is 0 Å². The minimum Gasteiger partial charge on any atom is -0.488 e. The van der Waals surface area contributed by atoms with E-state index >= 15 is 0 Å². The quantitative estimate of drug-likeness (QED) is 0.322. The second-order valence-corrected chi connectivity index (χ2v) is 9.61. The molecule has 3 aromatic carbocycles. The van der Waals surface area contributed by atoms with Crippen LogP contribution in [0.15, 0.2) is 42.5 Å². The van der Waals surface area contributed by atoms with Gasteiger partial charge in [0.25, 0.3) is 0 Å². The topological polar surface area (TPSA) is 73.9 Å². The standard InChI is InChI=1S/C30H35NO4/c1-33-19-35-30-23(17-32)16-22-9-3-5-12-26(22)29(30)28-25-11-4-2-8-21(25)13-14-27(28)34-18-20-7-6-10-24(31)15-20/h6-7,10,13-16,32H,2-5,8-9,11-12,17-19,31H2,1H3. The molecule has 0 atom stereocenters. The molecule has 0 aliphatic heterocycles. The summed E-state index contributed by atoms with van der Waals surface area (Å²) in [6.07, 6.45) is 8.80. The number of benzene rings is 3. The van der Waals surface area contributed by atoms with Gasteiger partial charge in [-0.25, -0.2) is 0 Å². The summed E-state index contributed by atoms with van der Waals surface area (Å²) in [6.45, 7) is 0.494. The molecule has 0 saturated carbocycles. The largest absolute Gasteiger partial charge is 0.488 e. The summed E-state index contributed by atoms with van der Waals surface area (Å²) in [5, 5.41) is 10.3. The molecule has 2 aliphatic rings. The fourth-order valence-corrected chi connectivity index (χ4v) is 5.66. The average molecular weight is 474 g/mol. The Kier molecular flexibility index (Phi) is 7.26. The van der Waals surface area contributed by atoms with E-state index in [9.17, 15) is 5.11 Å². The van der Waals surface area contributed by atoms with E-state index in [0.29, 0.717) is 6.61 Å². The van der Waals surface area contributed by atoms with Gasteiger partial charge in [0, 0.05) is 29.5 Å². The number of aliphatic hydroxyl groups is 1. The van der Waals surface area contributed by atoms with E-state index in [-0.39, 0.29) is 13.4 Å². The normalized spacial score (nSPS) is 14.8. The molecule has 0 unspecified atom stereocenters. The van der Waals surface area contributed by atoms with E-state index in [0.717, 1.165) is 78.0 Å². The van der Waals surface area contributed by atoms with Crippen molar-refractivity contribution in [1.29, 1.82) is 0 Å². The summed E-state index contributed by atoms with van der Waals surface area (Å²) >= 11 is 0. The van der Waals surface area contributed by atoms with Crippen LogP contribution in [0.3, 0.4) is 0 Å². The summed E-state index contributed by atoms with van der Waals surface area (Å²) in [6, 6.07) is 14.3. The molecular weight excluding hydrogens is 438 g/mol. The van der Waals surface area contributed by atoms with E-state index < -0.39 is 0 Å². The molecule has 5 rings (SSSR count). The predicted octanol–water partition coefficient (Wildman–Crippen LogP) is 5.75. The van der Waals surface area contributed by atoms with Crippen LogP contribution in [0.5, 0.6) is 11.5 Å². The maximum atomic E-state index is 10.3. The predicted molar refractivity (Wildman–Crippen MR) is 139 cm³/mol. The third kappa shape index (κ3) is 4.89. The highest BCUT2D eigenvalue weighted by atomic mass is 16.7. The number of ether oxygens (including phenoxy) is 3. The van der Waals surface area contributed by atoms with E-state index in [1.807, 2.05) is 24.3 Å². The van der Waals surface area contributed by atoms with Crippen LogP contribution in [0.1, 0.15) is 59.1 Å². The van der Waals surface area contributed by atoms with E-state index in [1.54, 1.807) is 7.11 Å². The lowest BCUT2D eigenvalue weighted by Gasteiger charge is -2.29. The van der Waals surface area contributed by atoms with Gasteiger partial charge in [0.1, 0.15) is 18.1 Å². The first-order valence-corrected chi connectivity index (χ1v) is 12.7. The Morgan fingerprint density at radius 3 is 2.31 bits per heavy atom. The Balaban J connectivity index is 1.70. The molecule has 5 nitrogen and oxygen atoms in total. The van der Waals surface area contributed by atoms with E-state index in [4.69, 9.17) is 19.9 Å². The summed E-state index contributed by atoms with van der Waals surface area (Å²) in [7, 11) is 1.63. The second-order valence-electron chi connectivity index (χ2n) is 9.61. The van der Waals surface area contributed by atoms with Gasteiger partial charge in [0.2, 0.25) is 0 Å². The molecule has 0 aromatic heterocycles. The third-order valence-corrected chi connectivity index (χ3v) is 7.26. The highest BCUT2D eigenvalue weighted by Crippen LogP contribution is 2.48. The van der Waals surface area contributed by atoms with Crippen molar-refractivity contribution in [3.05, 3.63) is 75.8 Å². The van der Waals surface area contributed by atoms with Crippen molar-refractivity contribution < 1.29 is 19.3 Å². The number of nitrogen functional groups attached to an aromatic ring is 1. The van der Waals surface area contributed by atoms with Gasteiger partial charge >= 0.3 is 0 Å². The Bertz CT molecular complexity index is 1200. The molecule has 0 amide bonds. The van der Waals surface area contributed by atoms with Crippen molar-refractivity contribution in [3.63, 3.8) is 0 Å². The zero-order chi connectivity index (χ0) is 24.2. The van der Waals surface area contributed by atoms with Crippen molar-refractivity contribution >= 4 is 5.69 Å². The number of methoxy groups -OCH3 is 1. The van der Waals surface area contributed by atoms with Gasteiger partial charge in [-0.2, -0.15) is 0 Å². The molecule has 0 bridgehead atoms. The molecule has 3 aromatic rings. The number of nitrogens with two attached hydrogens (primary N) is 1. The fourth-order valence-electron chi connectivity index (χ4n) is 5.66.